The van der Waals surface area contributed by atoms with Gasteiger partial charge in [-0.3, -0.25) is 9.59 Å². The zero-order valence-electron chi connectivity index (χ0n) is 16.1. The van der Waals surface area contributed by atoms with E-state index < -0.39 is 0 Å². The summed E-state index contributed by atoms with van der Waals surface area (Å²) in [5.74, 6) is 0.418. The number of hydrogen-bond acceptors (Lipinski definition) is 5. The van der Waals surface area contributed by atoms with Crippen LogP contribution in [0.3, 0.4) is 0 Å². The van der Waals surface area contributed by atoms with E-state index in [1.165, 1.54) is 22.3 Å². The van der Waals surface area contributed by atoms with Crippen LogP contribution in [0.4, 0.5) is 0 Å². The summed E-state index contributed by atoms with van der Waals surface area (Å²) >= 11 is 1.51. The summed E-state index contributed by atoms with van der Waals surface area (Å²) in [5, 5.41) is 5.55. The fourth-order valence-corrected chi connectivity index (χ4v) is 3.17. The summed E-state index contributed by atoms with van der Waals surface area (Å²) in [6.07, 6.45) is 3.13. The van der Waals surface area contributed by atoms with E-state index >= 15 is 0 Å². The van der Waals surface area contributed by atoms with Crippen LogP contribution in [0.25, 0.3) is 16.6 Å². The van der Waals surface area contributed by atoms with Crippen molar-refractivity contribution in [3.63, 3.8) is 0 Å². The lowest BCUT2D eigenvalue weighted by Gasteiger charge is -2.19. The molecule has 6 nitrogen and oxygen atoms in total. The molecule has 0 radical (unpaired) electrons. The summed E-state index contributed by atoms with van der Waals surface area (Å²) in [7, 11) is 1.63. The van der Waals surface area contributed by atoms with Crippen molar-refractivity contribution in [1.82, 2.24) is 15.2 Å². The van der Waals surface area contributed by atoms with Crippen molar-refractivity contribution in [3.05, 3.63) is 41.4 Å². The Morgan fingerprint density at radius 3 is 2.59 bits per heavy atom. The van der Waals surface area contributed by atoms with Crippen molar-refractivity contribution in [2.24, 2.45) is 0 Å². The van der Waals surface area contributed by atoms with Crippen molar-refractivity contribution in [1.29, 1.82) is 0 Å². The van der Waals surface area contributed by atoms with Gasteiger partial charge in [0.05, 0.1) is 19.3 Å². The van der Waals surface area contributed by atoms with Gasteiger partial charge in [0.25, 0.3) is 0 Å². The number of rotatable bonds is 8. The normalized spacial score (nSPS) is 11.0. The first-order valence-electron chi connectivity index (χ1n) is 8.79. The van der Waals surface area contributed by atoms with E-state index in [2.05, 4.69) is 10.3 Å². The molecule has 1 aromatic carbocycles. The number of benzene rings is 1. The van der Waals surface area contributed by atoms with Crippen LogP contribution in [0.15, 0.2) is 35.7 Å². The van der Waals surface area contributed by atoms with Gasteiger partial charge in [-0.2, -0.15) is 0 Å². The zero-order valence-corrected chi connectivity index (χ0v) is 16.9. The van der Waals surface area contributed by atoms with E-state index in [1.54, 1.807) is 13.2 Å². The molecule has 0 aliphatic heterocycles. The molecule has 2 amide bonds. The predicted octanol–water partition coefficient (Wildman–Crippen LogP) is 3.21. The molecule has 1 aromatic heterocycles. The van der Waals surface area contributed by atoms with Crippen molar-refractivity contribution in [3.8, 4) is 16.3 Å². The average Bonchev–Trinajstić information content (AvgIpc) is 3.12. The molecule has 0 aliphatic rings. The number of nitrogens with one attached hydrogen (secondary N) is 1. The fraction of sp³-hybridized carbons (Fsp3) is 0.350. The Balaban J connectivity index is 2.00. The van der Waals surface area contributed by atoms with Gasteiger partial charge < -0.3 is 15.0 Å². The topological polar surface area (TPSA) is 71.5 Å². The molecule has 0 bridgehead atoms. The number of likely N-dealkylation sites (N-methyl/N-ethyl adjacent to an activating group) is 1. The van der Waals surface area contributed by atoms with Crippen molar-refractivity contribution in [2.45, 2.75) is 26.8 Å². The van der Waals surface area contributed by atoms with Crippen LogP contribution in [0.2, 0.25) is 0 Å². The Morgan fingerprint density at radius 2 is 2.00 bits per heavy atom. The number of carbonyl (C=O) groups excluding carboxylic acids is 2. The first-order valence-corrected chi connectivity index (χ1v) is 9.67. The van der Waals surface area contributed by atoms with E-state index in [4.69, 9.17) is 4.74 Å². The molecular weight excluding hydrogens is 362 g/mol. The van der Waals surface area contributed by atoms with Crippen LogP contribution >= 0.6 is 11.3 Å². The molecule has 7 heteroatoms. The highest BCUT2D eigenvalue weighted by Gasteiger charge is 2.14. The number of methoxy groups -OCH3 is 1. The van der Waals surface area contributed by atoms with Gasteiger partial charge >= 0.3 is 0 Å². The SMILES string of the molecule is CCN(CC(=O)NC(C)C)C(=O)C=Cc1csc(-c2ccc(OC)cc2)n1. The summed E-state index contributed by atoms with van der Waals surface area (Å²) in [4.78, 5) is 30.2. The molecule has 0 saturated carbocycles. The van der Waals surface area contributed by atoms with E-state index in [1.807, 2.05) is 50.4 Å². The number of carbonyl (C=O) groups is 2. The maximum absolute atomic E-state index is 12.3. The van der Waals surface area contributed by atoms with Gasteiger partial charge in [-0.15, -0.1) is 11.3 Å². The van der Waals surface area contributed by atoms with Crippen LogP contribution < -0.4 is 10.1 Å². The Labute approximate surface area is 163 Å². The number of hydrogen-bond donors (Lipinski definition) is 1. The highest BCUT2D eigenvalue weighted by atomic mass is 32.1. The smallest absolute Gasteiger partial charge is 0.247 e. The lowest BCUT2D eigenvalue weighted by molar-refractivity contribution is -0.132. The van der Waals surface area contributed by atoms with Crippen molar-refractivity contribution >= 4 is 29.2 Å². The molecule has 0 atom stereocenters. The highest BCUT2D eigenvalue weighted by Crippen LogP contribution is 2.26. The molecule has 2 rings (SSSR count). The van der Waals surface area contributed by atoms with Crippen LogP contribution in [-0.4, -0.2) is 47.9 Å². The van der Waals surface area contributed by atoms with E-state index in [0.29, 0.717) is 12.2 Å². The Hall–Kier alpha value is -2.67. The molecule has 0 unspecified atom stereocenters. The van der Waals surface area contributed by atoms with Crippen LogP contribution in [0.1, 0.15) is 26.5 Å². The summed E-state index contributed by atoms with van der Waals surface area (Å²) in [5.41, 5.74) is 1.70. The fourth-order valence-electron chi connectivity index (χ4n) is 2.38. The minimum absolute atomic E-state index is 0.0476. The number of ether oxygens (including phenoxy) is 1. The highest BCUT2D eigenvalue weighted by molar-refractivity contribution is 7.13. The third kappa shape index (κ3) is 6.21. The maximum Gasteiger partial charge on any atom is 0.247 e. The molecule has 0 aliphatic carbocycles. The number of thiazole rings is 1. The molecule has 0 fully saturated rings. The van der Waals surface area contributed by atoms with Gasteiger partial charge in [0, 0.05) is 29.6 Å². The Bertz CT molecular complexity index is 797. The third-order valence-electron chi connectivity index (χ3n) is 3.73. The number of nitrogens with zero attached hydrogens (tertiary/aromatic N) is 2. The largest absolute Gasteiger partial charge is 0.497 e. The maximum atomic E-state index is 12.3. The van der Waals surface area contributed by atoms with E-state index in [9.17, 15) is 9.59 Å². The molecule has 0 spiro atoms. The van der Waals surface area contributed by atoms with E-state index in [0.717, 1.165) is 16.3 Å². The van der Waals surface area contributed by atoms with E-state index in [-0.39, 0.29) is 24.4 Å². The van der Waals surface area contributed by atoms with Gasteiger partial charge in [-0.25, -0.2) is 4.98 Å². The zero-order chi connectivity index (χ0) is 19.8. The lowest BCUT2D eigenvalue weighted by atomic mass is 10.2. The molecule has 27 heavy (non-hydrogen) atoms. The van der Waals surface area contributed by atoms with Crippen molar-refractivity contribution < 1.29 is 14.3 Å². The number of aromatic nitrogens is 1. The summed E-state index contributed by atoms with van der Waals surface area (Å²) in [6.45, 7) is 6.13. The molecule has 1 heterocycles. The van der Waals surface area contributed by atoms with Crippen LogP contribution in [0.5, 0.6) is 5.75 Å². The average molecular weight is 388 g/mol. The summed E-state index contributed by atoms with van der Waals surface area (Å²) in [6, 6.07) is 7.72. The first-order chi connectivity index (χ1) is 12.9. The van der Waals surface area contributed by atoms with Crippen LogP contribution in [-0.2, 0) is 9.59 Å². The minimum Gasteiger partial charge on any atom is -0.497 e. The molecule has 144 valence electrons. The van der Waals surface area contributed by atoms with Gasteiger partial charge in [0.1, 0.15) is 10.8 Å². The second kappa shape index (κ2) is 9.87. The first kappa shape index (κ1) is 20.6. The van der Waals surface area contributed by atoms with Gasteiger partial charge in [-0.05, 0) is 51.1 Å². The lowest BCUT2D eigenvalue weighted by Crippen LogP contribution is -2.42. The standard InChI is InChI=1S/C20H25N3O3S/c1-5-23(12-18(24)21-14(2)3)19(25)11-8-16-13-27-20(22-16)15-6-9-17(26-4)10-7-15/h6-11,13-14H,5,12H2,1-4H3,(H,21,24). The second-order valence-electron chi connectivity index (χ2n) is 6.21. The third-order valence-corrected chi connectivity index (χ3v) is 4.64. The van der Waals surface area contributed by atoms with Gasteiger partial charge in [0.15, 0.2) is 0 Å². The second-order valence-corrected chi connectivity index (χ2v) is 7.07. The quantitative estimate of drug-likeness (QED) is 0.706. The van der Waals surface area contributed by atoms with Gasteiger partial charge in [-0.1, -0.05) is 0 Å². The molecular formula is C20H25N3O3S. The molecule has 1 N–H and O–H groups in total. The Morgan fingerprint density at radius 1 is 1.30 bits per heavy atom. The Kier molecular flexibility index (Phi) is 7.55. The van der Waals surface area contributed by atoms with Gasteiger partial charge in [0.2, 0.25) is 11.8 Å². The minimum atomic E-state index is -0.213. The molecule has 0 saturated heterocycles. The summed E-state index contributed by atoms with van der Waals surface area (Å²) < 4.78 is 5.16. The predicted molar refractivity (Wildman–Crippen MR) is 109 cm³/mol. The number of amides is 2. The molecule has 2 aromatic rings. The monoisotopic (exact) mass is 387 g/mol. The van der Waals surface area contributed by atoms with Crippen molar-refractivity contribution in [2.75, 3.05) is 20.2 Å². The van der Waals surface area contributed by atoms with Crippen LogP contribution in [0, 0.1) is 0 Å².